The molecule has 0 saturated heterocycles. The van der Waals surface area contributed by atoms with Crippen LogP contribution in [0.5, 0.6) is 5.75 Å². The molecule has 2 aliphatic rings. The first-order chi connectivity index (χ1) is 6.86. The van der Waals surface area contributed by atoms with Crippen LogP contribution in [0.2, 0.25) is 0 Å². The maximum Gasteiger partial charge on any atom is 0.173 e. The summed E-state index contributed by atoms with van der Waals surface area (Å²) in [6.45, 7) is 0. The van der Waals surface area contributed by atoms with E-state index in [1.807, 2.05) is 18.2 Å². The van der Waals surface area contributed by atoms with Crippen molar-refractivity contribution in [2.75, 3.05) is 0 Å². The summed E-state index contributed by atoms with van der Waals surface area (Å²) in [5, 5.41) is 0. The first-order valence-corrected chi connectivity index (χ1v) is 5.14. The largest absolute Gasteiger partial charge is 0.482 e. The number of para-hydroxylation sites is 1. The monoisotopic (exact) mass is 188 g/mol. The predicted octanol–water partition coefficient (Wildman–Crippen LogP) is 2.28. The Hall–Kier alpha value is -1.31. The van der Waals surface area contributed by atoms with E-state index in [0.717, 1.165) is 18.6 Å². The molecule has 1 aliphatic carbocycles. The molecule has 1 fully saturated rings. The second kappa shape index (κ2) is 2.84. The van der Waals surface area contributed by atoms with E-state index in [1.54, 1.807) is 0 Å². The Kier molecular flexibility index (Phi) is 1.63. The van der Waals surface area contributed by atoms with Crippen LogP contribution in [0.4, 0.5) is 0 Å². The third-order valence-electron chi connectivity index (χ3n) is 3.19. The third-order valence-corrected chi connectivity index (χ3v) is 3.19. The topological polar surface area (TPSA) is 26.3 Å². The van der Waals surface area contributed by atoms with Crippen LogP contribution in [-0.2, 0) is 4.79 Å². The molecule has 2 nitrogen and oxygen atoms in total. The number of carbonyl (C=O) groups is 1. The standard InChI is InChI=1S/C12H12O2/c13-10-6-3-5-9-8-4-1-2-7-11(8)14-12(9)10/h1-2,4,7,9,12H,3,5-6H2/t9-,12+/m1/s1. The maximum atomic E-state index is 11.6. The molecule has 0 aromatic heterocycles. The molecule has 72 valence electrons. The zero-order valence-electron chi connectivity index (χ0n) is 7.90. The molecule has 14 heavy (non-hydrogen) atoms. The Morgan fingerprint density at radius 1 is 1.29 bits per heavy atom. The number of hydrogen-bond acceptors (Lipinski definition) is 2. The van der Waals surface area contributed by atoms with Gasteiger partial charge in [0, 0.05) is 17.9 Å². The van der Waals surface area contributed by atoms with Crippen LogP contribution in [-0.4, -0.2) is 11.9 Å². The first-order valence-electron chi connectivity index (χ1n) is 5.14. The van der Waals surface area contributed by atoms with E-state index in [9.17, 15) is 4.79 Å². The number of benzene rings is 1. The van der Waals surface area contributed by atoms with Gasteiger partial charge in [0.25, 0.3) is 0 Å². The molecule has 1 aliphatic heterocycles. The van der Waals surface area contributed by atoms with Crippen molar-refractivity contribution >= 4 is 5.78 Å². The van der Waals surface area contributed by atoms with Crippen LogP contribution < -0.4 is 4.74 Å². The van der Waals surface area contributed by atoms with E-state index in [2.05, 4.69) is 6.07 Å². The smallest absolute Gasteiger partial charge is 0.173 e. The normalized spacial score (nSPS) is 29.3. The lowest BCUT2D eigenvalue weighted by atomic mass is 9.82. The van der Waals surface area contributed by atoms with Crippen molar-refractivity contribution in [3.63, 3.8) is 0 Å². The van der Waals surface area contributed by atoms with Gasteiger partial charge in [-0.15, -0.1) is 0 Å². The molecule has 0 spiro atoms. The quantitative estimate of drug-likeness (QED) is 0.624. The Bertz CT molecular complexity index is 384. The lowest BCUT2D eigenvalue weighted by Crippen LogP contribution is -2.32. The summed E-state index contributed by atoms with van der Waals surface area (Å²) >= 11 is 0. The molecule has 0 radical (unpaired) electrons. The fraction of sp³-hybridized carbons (Fsp3) is 0.417. The molecule has 0 N–H and O–H groups in total. The Labute approximate surface area is 82.9 Å². The maximum absolute atomic E-state index is 11.6. The Morgan fingerprint density at radius 2 is 2.14 bits per heavy atom. The lowest BCUT2D eigenvalue weighted by Gasteiger charge is -2.22. The number of ketones is 1. The molecule has 3 rings (SSSR count). The van der Waals surface area contributed by atoms with E-state index < -0.39 is 0 Å². The van der Waals surface area contributed by atoms with Crippen LogP contribution in [0, 0.1) is 0 Å². The van der Waals surface area contributed by atoms with Crippen molar-refractivity contribution in [2.24, 2.45) is 0 Å². The van der Waals surface area contributed by atoms with Gasteiger partial charge < -0.3 is 4.74 Å². The van der Waals surface area contributed by atoms with Gasteiger partial charge >= 0.3 is 0 Å². The summed E-state index contributed by atoms with van der Waals surface area (Å²) in [4.78, 5) is 11.6. The van der Waals surface area contributed by atoms with E-state index in [0.29, 0.717) is 12.3 Å². The van der Waals surface area contributed by atoms with Crippen molar-refractivity contribution in [1.82, 2.24) is 0 Å². The van der Waals surface area contributed by atoms with Gasteiger partial charge in [-0.2, -0.15) is 0 Å². The van der Waals surface area contributed by atoms with Crippen molar-refractivity contribution in [1.29, 1.82) is 0 Å². The SMILES string of the molecule is O=C1CCC[C@@H]2c3ccccc3O[C@H]12. The number of Topliss-reactive ketones (excluding diaryl/α,β-unsaturated/α-hetero) is 1. The summed E-state index contributed by atoms with van der Waals surface area (Å²) in [7, 11) is 0. The molecular formula is C12H12O2. The van der Waals surface area contributed by atoms with Crippen LogP contribution in [0.1, 0.15) is 30.7 Å². The summed E-state index contributed by atoms with van der Waals surface area (Å²) in [5.41, 5.74) is 1.23. The number of carbonyl (C=O) groups excluding carboxylic acids is 1. The molecule has 1 heterocycles. The van der Waals surface area contributed by atoms with E-state index in [4.69, 9.17) is 4.74 Å². The predicted molar refractivity (Wildman–Crippen MR) is 52.5 cm³/mol. The zero-order chi connectivity index (χ0) is 9.54. The number of rotatable bonds is 0. The van der Waals surface area contributed by atoms with Crippen molar-refractivity contribution < 1.29 is 9.53 Å². The number of hydrogen-bond donors (Lipinski definition) is 0. The molecule has 0 amide bonds. The molecule has 2 heteroatoms. The second-order valence-corrected chi connectivity index (χ2v) is 4.04. The minimum Gasteiger partial charge on any atom is -0.482 e. The highest BCUT2D eigenvalue weighted by Crippen LogP contribution is 2.43. The number of ether oxygens (including phenoxy) is 1. The fourth-order valence-corrected chi connectivity index (χ4v) is 2.51. The van der Waals surface area contributed by atoms with E-state index in [1.165, 1.54) is 5.56 Å². The van der Waals surface area contributed by atoms with Crippen molar-refractivity contribution in [3.05, 3.63) is 29.8 Å². The summed E-state index contributed by atoms with van der Waals surface area (Å²) in [6.07, 6.45) is 2.61. The third kappa shape index (κ3) is 0.999. The van der Waals surface area contributed by atoms with Gasteiger partial charge in [0.1, 0.15) is 5.75 Å². The highest BCUT2D eigenvalue weighted by Gasteiger charge is 2.40. The van der Waals surface area contributed by atoms with Gasteiger partial charge in [0.05, 0.1) is 0 Å². The Balaban J connectivity index is 2.04. The van der Waals surface area contributed by atoms with Crippen LogP contribution >= 0.6 is 0 Å². The Morgan fingerprint density at radius 3 is 3.07 bits per heavy atom. The highest BCUT2D eigenvalue weighted by molar-refractivity contribution is 5.86. The van der Waals surface area contributed by atoms with Crippen molar-refractivity contribution in [3.8, 4) is 5.75 Å². The van der Waals surface area contributed by atoms with E-state index in [-0.39, 0.29) is 11.9 Å². The average Bonchev–Trinajstić information content (AvgIpc) is 2.59. The second-order valence-electron chi connectivity index (χ2n) is 4.04. The average molecular weight is 188 g/mol. The van der Waals surface area contributed by atoms with Gasteiger partial charge in [0.2, 0.25) is 0 Å². The number of fused-ring (bicyclic) bond motifs is 3. The molecule has 1 aromatic rings. The molecule has 1 aromatic carbocycles. The minimum atomic E-state index is -0.179. The summed E-state index contributed by atoms with van der Waals surface area (Å²) in [5.74, 6) is 1.52. The first kappa shape index (κ1) is 8.04. The molecule has 0 unspecified atom stereocenters. The molecular weight excluding hydrogens is 176 g/mol. The zero-order valence-corrected chi connectivity index (χ0v) is 7.90. The van der Waals surface area contributed by atoms with E-state index >= 15 is 0 Å². The van der Waals surface area contributed by atoms with Crippen molar-refractivity contribution in [2.45, 2.75) is 31.3 Å². The molecule has 0 bridgehead atoms. The van der Waals surface area contributed by atoms with Gasteiger partial charge in [-0.25, -0.2) is 0 Å². The minimum absolute atomic E-state index is 0.179. The van der Waals surface area contributed by atoms with Gasteiger partial charge in [0.15, 0.2) is 11.9 Å². The van der Waals surface area contributed by atoms with Crippen LogP contribution in [0.15, 0.2) is 24.3 Å². The molecule has 1 saturated carbocycles. The highest BCUT2D eigenvalue weighted by atomic mass is 16.5. The summed E-state index contributed by atoms with van der Waals surface area (Å²) < 4.78 is 5.67. The molecule has 2 atom stereocenters. The van der Waals surface area contributed by atoms with Crippen LogP contribution in [0.25, 0.3) is 0 Å². The van der Waals surface area contributed by atoms with Gasteiger partial charge in [-0.1, -0.05) is 18.2 Å². The summed E-state index contributed by atoms with van der Waals surface area (Å²) in [6, 6.07) is 8.02. The van der Waals surface area contributed by atoms with Gasteiger partial charge in [-0.05, 0) is 18.9 Å². The van der Waals surface area contributed by atoms with Gasteiger partial charge in [-0.3, -0.25) is 4.79 Å². The fourth-order valence-electron chi connectivity index (χ4n) is 2.51. The van der Waals surface area contributed by atoms with Crippen LogP contribution in [0.3, 0.4) is 0 Å². The lowest BCUT2D eigenvalue weighted by molar-refractivity contribution is -0.127.